The van der Waals surface area contributed by atoms with Crippen LogP contribution in [-0.4, -0.2) is 24.9 Å². The number of methoxy groups -OCH3 is 1. The normalized spacial score (nSPS) is 14.3. The highest BCUT2D eigenvalue weighted by Crippen LogP contribution is 2.22. The molecule has 0 fully saturated rings. The van der Waals surface area contributed by atoms with Crippen molar-refractivity contribution in [3.8, 4) is 5.75 Å². The number of aliphatic hydroxyl groups is 1. The lowest BCUT2D eigenvalue weighted by Crippen LogP contribution is -2.34. The maximum Gasteiger partial charge on any atom is 0.165 e. The predicted octanol–water partition coefficient (Wildman–Crippen LogP) is 3.28. The molecule has 2 unspecified atom stereocenters. The Balaban J connectivity index is 2.58. The van der Waals surface area contributed by atoms with E-state index in [0.717, 1.165) is 18.4 Å². The average Bonchev–Trinajstić information content (AvgIpc) is 2.45. The fraction of sp³-hybridized carbons (Fsp3) is 0.625. The van der Waals surface area contributed by atoms with Crippen molar-refractivity contribution in [2.45, 2.75) is 45.8 Å². The summed E-state index contributed by atoms with van der Waals surface area (Å²) in [6.45, 7) is 6.64. The SMILES string of the molecule is CCC(CC)C(O)CNC(C)c1ccc(OC)c(F)c1. The number of hydrogen-bond acceptors (Lipinski definition) is 3. The Kier molecular flexibility index (Phi) is 6.96. The molecule has 0 amide bonds. The van der Waals surface area contributed by atoms with Crippen molar-refractivity contribution in [3.63, 3.8) is 0 Å². The van der Waals surface area contributed by atoms with Gasteiger partial charge in [0.15, 0.2) is 11.6 Å². The standard InChI is InChI=1S/C16H26FNO2/c1-5-12(6-2)15(19)10-18-11(3)13-7-8-16(20-4)14(17)9-13/h7-9,11-12,15,18-19H,5-6,10H2,1-4H3. The molecule has 0 aliphatic carbocycles. The van der Waals surface area contributed by atoms with Crippen LogP contribution in [0.2, 0.25) is 0 Å². The summed E-state index contributed by atoms with van der Waals surface area (Å²) in [6, 6.07) is 4.92. The minimum absolute atomic E-state index is 0.0144. The molecule has 1 aromatic carbocycles. The van der Waals surface area contributed by atoms with Gasteiger partial charge in [0.25, 0.3) is 0 Å². The Labute approximate surface area is 121 Å². The molecule has 0 aliphatic rings. The van der Waals surface area contributed by atoms with Crippen LogP contribution in [0.3, 0.4) is 0 Å². The summed E-state index contributed by atoms with van der Waals surface area (Å²) >= 11 is 0. The largest absolute Gasteiger partial charge is 0.494 e. The van der Waals surface area contributed by atoms with Gasteiger partial charge in [-0.2, -0.15) is 0 Å². The van der Waals surface area contributed by atoms with Crippen LogP contribution >= 0.6 is 0 Å². The van der Waals surface area contributed by atoms with E-state index in [1.165, 1.54) is 13.2 Å². The molecule has 0 aliphatic heterocycles. The number of ether oxygens (including phenoxy) is 1. The molecule has 0 heterocycles. The lowest BCUT2D eigenvalue weighted by atomic mass is 9.96. The molecule has 1 aromatic rings. The minimum Gasteiger partial charge on any atom is -0.494 e. The van der Waals surface area contributed by atoms with E-state index in [4.69, 9.17) is 4.74 Å². The van der Waals surface area contributed by atoms with Crippen LogP contribution < -0.4 is 10.1 Å². The van der Waals surface area contributed by atoms with E-state index >= 15 is 0 Å². The number of halogens is 1. The first-order chi connectivity index (χ1) is 9.53. The van der Waals surface area contributed by atoms with Crippen molar-refractivity contribution in [2.75, 3.05) is 13.7 Å². The Bertz CT molecular complexity index is 407. The molecule has 2 atom stereocenters. The summed E-state index contributed by atoms with van der Waals surface area (Å²) in [5, 5.41) is 13.3. The van der Waals surface area contributed by atoms with Crippen LogP contribution in [-0.2, 0) is 0 Å². The van der Waals surface area contributed by atoms with E-state index in [2.05, 4.69) is 19.2 Å². The lowest BCUT2D eigenvalue weighted by Gasteiger charge is -2.23. The van der Waals surface area contributed by atoms with Gasteiger partial charge in [0, 0.05) is 12.6 Å². The fourth-order valence-electron chi connectivity index (χ4n) is 2.37. The molecule has 0 bridgehead atoms. The maximum absolute atomic E-state index is 13.6. The van der Waals surface area contributed by atoms with Gasteiger partial charge in [-0.15, -0.1) is 0 Å². The topological polar surface area (TPSA) is 41.5 Å². The van der Waals surface area contributed by atoms with Crippen molar-refractivity contribution in [1.29, 1.82) is 0 Å². The number of hydrogen-bond donors (Lipinski definition) is 2. The molecule has 114 valence electrons. The molecule has 2 N–H and O–H groups in total. The van der Waals surface area contributed by atoms with Gasteiger partial charge in [-0.05, 0) is 30.5 Å². The van der Waals surface area contributed by atoms with Crippen molar-refractivity contribution < 1.29 is 14.2 Å². The van der Waals surface area contributed by atoms with Gasteiger partial charge in [-0.3, -0.25) is 0 Å². The van der Waals surface area contributed by atoms with E-state index in [1.54, 1.807) is 6.07 Å². The lowest BCUT2D eigenvalue weighted by molar-refractivity contribution is 0.0989. The third-order valence-corrected chi connectivity index (χ3v) is 3.90. The summed E-state index contributed by atoms with van der Waals surface area (Å²) < 4.78 is 18.5. The van der Waals surface area contributed by atoms with E-state index in [9.17, 15) is 9.50 Å². The number of nitrogens with one attached hydrogen (secondary N) is 1. The molecule has 0 saturated carbocycles. The third kappa shape index (κ3) is 4.46. The first kappa shape index (κ1) is 16.9. The third-order valence-electron chi connectivity index (χ3n) is 3.90. The molecular weight excluding hydrogens is 257 g/mol. The molecule has 1 rings (SSSR count). The zero-order valence-corrected chi connectivity index (χ0v) is 12.8. The highest BCUT2D eigenvalue weighted by molar-refractivity contribution is 5.30. The number of benzene rings is 1. The van der Waals surface area contributed by atoms with Gasteiger partial charge in [0.05, 0.1) is 13.2 Å². The van der Waals surface area contributed by atoms with Crippen molar-refractivity contribution >= 4 is 0 Å². The molecule has 20 heavy (non-hydrogen) atoms. The molecule has 0 saturated heterocycles. The van der Waals surface area contributed by atoms with Crippen molar-refractivity contribution in [1.82, 2.24) is 5.32 Å². The molecule has 0 radical (unpaired) electrons. The van der Waals surface area contributed by atoms with Gasteiger partial charge < -0.3 is 15.2 Å². The zero-order valence-electron chi connectivity index (χ0n) is 12.8. The van der Waals surface area contributed by atoms with Gasteiger partial charge in [-0.25, -0.2) is 4.39 Å². The smallest absolute Gasteiger partial charge is 0.165 e. The fourth-order valence-corrected chi connectivity index (χ4v) is 2.37. The number of aliphatic hydroxyl groups excluding tert-OH is 1. The van der Waals surface area contributed by atoms with Gasteiger partial charge in [-0.1, -0.05) is 32.8 Å². The average molecular weight is 283 g/mol. The van der Waals surface area contributed by atoms with Crippen LogP contribution in [0.1, 0.15) is 45.2 Å². The highest BCUT2D eigenvalue weighted by Gasteiger charge is 2.17. The van der Waals surface area contributed by atoms with Crippen LogP contribution in [0.5, 0.6) is 5.75 Å². The van der Waals surface area contributed by atoms with E-state index in [-0.39, 0.29) is 23.7 Å². The molecule has 4 heteroatoms. The highest BCUT2D eigenvalue weighted by atomic mass is 19.1. The Morgan fingerprint density at radius 1 is 1.30 bits per heavy atom. The second kappa shape index (κ2) is 8.22. The second-order valence-corrected chi connectivity index (χ2v) is 5.17. The van der Waals surface area contributed by atoms with Crippen LogP contribution in [0.4, 0.5) is 4.39 Å². The second-order valence-electron chi connectivity index (χ2n) is 5.17. The van der Waals surface area contributed by atoms with Gasteiger partial charge >= 0.3 is 0 Å². The molecular formula is C16H26FNO2. The van der Waals surface area contributed by atoms with E-state index in [1.807, 2.05) is 13.0 Å². The van der Waals surface area contributed by atoms with Crippen LogP contribution in [0, 0.1) is 11.7 Å². The summed E-state index contributed by atoms with van der Waals surface area (Å²) in [6.07, 6.45) is 1.56. The Hall–Kier alpha value is -1.13. The van der Waals surface area contributed by atoms with Crippen molar-refractivity contribution in [3.05, 3.63) is 29.6 Å². The molecule has 0 aromatic heterocycles. The first-order valence-electron chi connectivity index (χ1n) is 7.28. The zero-order chi connectivity index (χ0) is 15.1. The summed E-state index contributed by atoms with van der Waals surface area (Å²) in [4.78, 5) is 0. The Morgan fingerprint density at radius 2 is 1.95 bits per heavy atom. The van der Waals surface area contributed by atoms with E-state index in [0.29, 0.717) is 12.5 Å². The maximum atomic E-state index is 13.6. The van der Waals surface area contributed by atoms with Gasteiger partial charge in [0.2, 0.25) is 0 Å². The van der Waals surface area contributed by atoms with Crippen LogP contribution in [0.15, 0.2) is 18.2 Å². The summed E-state index contributed by atoms with van der Waals surface area (Å²) in [5.74, 6) is 0.194. The molecule has 3 nitrogen and oxygen atoms in total. The first-order valence-corrected chi connectivity index (χ1v) is 7.28. The van der Waals surface area contributed by atoms with Gasteiger partial charge in [0.1, 0.15) is 0 Å². The summed E-state index contributed by atoms with van der Waals surface area (Å²) in [5.41, 5.74) is 0.847. The Morgan fingerprint density at radius 3 is 2.45 bits per heavy atom. The monoisotopic (exact) mass is 283 g/mol. The van der Waals surface area contributed by atoms with Crippen LogP contribution in [0.25, 0.3) is 0 Å². The minimum atomic E-state index is -0.365. The van der Waals surface area contributed by atoms with E-state index < -0.39 is 0 Å². The summed E-state index contributed by atoms with van der Waals surface area (Å²) in [7, 11) is 1.45. The molecule has 0 spiro atoms. The van der Waals surface area contributed by atoms with Crippen molar-refractivity contribution in [2.24, 2.45) is 5.92 Å². The number of rotatable bonds is 8. The quantitative estimate of drug-likeness (QED) is 0.769. The predicted molar refractivity (Wildman–Crippen MR) is 79.4 cm³/mol.